The van der Waals surface area contributed by atoms with Crippen molar-refractivity contribution >= 4 is 68.7 Å². The van der Waals surface area contributed by atoms with Crippen molar-refractivity contribution < 1.29 is 48.7 Å². The fourth-order valence-electron chi connectivity index (χ4n) is 8.15. The molecular formula is C44H71N5O10S3. The molecule has 5 N–H and O–H groups in total. The molecule has 3 aliphatic heterocycles. The molecule has 62 heavy (non-hydrogen) atoms. The Morgan fingerprint density at radius 2 is 1.60 bits per heavy atom. The van der Waals surface area contributed by atoms with E-state index in [0.717, 1.165) is 27.9 Å². The lowest BCUT2D eigenvalue weighted by atomic mass is 9.80. The first-order valence-electron chi connectivity index (χ1n) is 22.0. The second-order valence-corrected chi connectivity index (χ2v) is 21.3. The molecule has 350 valence electrons. The molecule has 15 atom stereocenters. The van der Waals surface area contributed by atoms with Gasteiger partial charge in [0.15, 0.2) is 12.1 Å². The molecule has 4 heterocycles. The molecule has 0 aliphatic carbocycles. The quantitative estimate of drug-likeness (QED) is 0.199. The molecule has 0 saturated heterocycles. The van der Waals surface area contributed by atoms with Crippen molar-refractivity contribution in [3.05, 3.63) is 16.1 Å². The summed E-state index contributed by atoms with van der Waals surface area (Å²) in [7, 11) is 1.57. The SMILES string of the molecule is CCC[C@@H](C)[C@H](O)[C@H](C)[C@H]1OC(=O)[C@H](C(C)O)NC(=O)[C@H](C(C)C)OC(=O)[C@H](C)[C@H](O)[C@H]([C@@H](C)CC)NC(=O)[C@@]2(C)CSC(=N2)[C@@]2(C)CSC(=N2)c2csc(n2)C[C@H](OC)[C@@H]1C. The number of aliphatic hydroxyl groups is 3. The van der Waals surface area contributed by atoms with Crippen LogP contribution >= 0.6 is 34.9 Å². The molecule has 2 amide bonds. The molecule has 1 unspecified atom stereocenters. The van der Waals surface area contributed by atoms with Gasteiger partial charge in [0.25, 0.3) is 5.91 Å². The number of methoxy groups -OCH3 is 1. The van der Waals surface area contributed by atoms with Crippen LogP contribution in [-0.4, -0.2) is 133 Å². The fraction of sp³-hybridized carbons (Fsp3) is 0.795. The Kier molecular flexibility index (Phi) is 18.5. The lowest BCUT2D eigenvalue weighted by Gasteiger charge is -2.38. The van der Waals surface area contributed by atoms with E-state index in [9.17, 15) is 34.5 Å². The maximum Gasteiger partial charge on any atom is 0.331 e. The van der Waals surface area contributed by atoms with Crippen LogP contribution in [-0.2, 0) is 39.8 Å². The number of fused-ring (bicyclic) bond motifs is 6. The number of thioether (sulfide) groups is 2. The summed E-state index contributed by atoms with van der Waals surface area (Å²) < 4.78 is 18.0. The van der Waals surface area contributed by atoms with Crippen LogP contribution in [0.3, 0.4) is 0 Å². The number of esters is 2. The van der Waals surface area contributed by atoms with Gasteiger partial charge in [-0.25, -0.2) is 9.78 Å². The minimum absolute atomic E-state index is 0.121. The first kappa shape index (κ1) is 52.0. The average molecular weight is 926 g/mol. The number of ether oxygens (including phenoxy) is 3. The summed E-state index contributed by atoms with van der Waals surface area (Å²) in [4.78, 5) is 71.0. The van der Waals surface area contributed by atoms with Gasteiger partial charge in [0.05, 0.1) is 46.4 Å². The molecule has 18 heteroatoms. The Balaban J connectivity index is 1.80. The van der Waals surface area contributed by atoms with Crippen molar-refractivity contribution in [3.63, 3.8) is 0 Å². The fourth-order valence-corrected chi connectivity index (χ4v) is 11.6. The van der Waals surface area contributed by atoms with E-state index in [1.54, 1.807) is 39.6 Å². The Bertz CT molecular complexity index is 1790. The van der Waals surface area contributed by atoms with Gasteiger partial charge in [-0.1, -0.05) is 68.2 Å². The smallest absolute Gasteiger partial charge is 0.331 e. The highest BCUT2D eigenvalue weighted by Crippen LogP contribution is 2.41. The number of amides is 2. The predicted molar refractivity (Wildman–Crippen MR) is 245 cm³/mol. The van der Waals surface area contributed by atoms with Gasteiger partial charge in [0, 0.05) is 42.3 Å². The largest absolute Gasteiger partial charge is 0.460 e. The molecule has 1 aromatic rings. The van der Waals surface area contributed by atoms with Gasteiger partial charge in [-0.15, -0.1) is 34.9 Å². The molecule has 0 spiro atoms. The number of nitrogens with zero attached hydrogens (tertiary/aromatic N) is 3. The van der Waals surface area contributed by atoms with Gasteiger partial charge in [0.2, 0.25) is 5.91 Å². The van der Waals surface area contributed by atoms with Gasteiger partial charge >= 0.3 is 11.9 Å². The van der Waals surface area contributed by atoms with Crippen LogP contribution < -0.4 is 10.6 Å². The number of aromatic nitrogens is 1. The molecule has 6 bridgehead atoms. The van der Waals surface area contributed by atoms with E-state index in [-0.39, 0.29) is 11.8 Å². The summed E-state index contributed by atoms with van der Waals surface area (Å²) in [6, 6.07) is -2.44. The van der Waals surface area contributed by atoms with Crippen LogP contribution in [0.2, 0.25) is 0 Å². The summed E-state index contributed by atoms with van der Waals surface area (Å²) in [5, 5.41) is 44.0. The van der Waals surface area contributed by atoms with E-state index in [1.807, 2.05) is 53.8 Å². The Labute approximate surface area is 380 Å². The summed E-state index contributed by atoms with van der Waals surface area (Å²) in [5.41, 5.74) is -1.17. The highest BCUT2D eigenvalue weighted by molar-refractivity contribution is 8.16. The van der Waals surface area contributed by atoms with Crippen molar-refractivity contribution in [3.8, 4) is 0 Å². The van der Waals surface area contributed by atoms with E-state index in [0.29, 0.717) is 30.0 Å². The maximum atomic E-state index is 14.2. The molecule has 0 fully saturated rings. The minimum atomic E-state index is -1.57. The zero-order chi connectivity index (χ0) is 46.4. The second kappa shape index (κ2) is 22.1. The molecule has 1 aromatic heterocycles. The molecule has 15 nitrogen and oxygen atoms in total. The number of aliphatic hydroxyl groups excluding tert-OH is 3. The standard InChI is InChI=1S/C44H71N5O10S3/c1-14-16-23(6)33(51)25(8)36-24(7)29(57-13)17-30-45-28(18-60-30)38-48-44(12,20-61-38)42-49-43(11,19-62-42)41(56)47-31(22(5)15-2)34(52)26(9)39(54)58-35(21(3)4)37(53)46-32(27(10)50)40(55)59-36/h18,21-27,29,31-36,50-52H,14-17,19-20H2,1-13H3,(H,46,53)(H,47,56)/t22-,23+,24-,25-,26+,27?,29-,31-,32-,33-,34-,35-,36-,43+,44+/m0/s1. The number of aliphatic imine (C=N–C) groups is 2. The molecule has 0 saturated carbocycles. The highest BCUT2D eigenvalue weighted by Gasteiger charge is 2.48. The summed E-state index contributed by atoms with van der Waals surface area (Å²) in [6.07, 6.45) is -4.05. The molecular weight excluding hydrogens is 855 g/mol. The topological polar surface area (TPSA) is 218 Å². The van der Waals surface area contributed by atoms with Gasteiger partial charge in [-0.3, -0.25) is 24.4 Å². The third kappa shape index (κ3) is 12.0. The van der Waals surface area contributed by atoms with E-state index in [1.165, 1.54) is 36.9 Å². The number of rotatable bonds is 10. The van der Waals surface area contributed by atoms with Crippen LogP contribution in [0, 0.1) is 35.5 Å². The van der Waals surface area contributed by atoms with Crippen LogP contribution in [0.5, 0.6) is 0 Å². The number of cyclic esters (lactones) is 2. The summed E-state index contributed by atoms with van der Waals surface area (Å²) in [5.74, 6) is -5.35. The minimum Gasteiger partial charge on any atom is -0.460 e. The molecule has 3 aliphatic rings. The van der Waals surface area contributed by atoms with Crippen LogP contribution in [0.1, 0.15) is 113 Å². The lowest BCUT2D eigenvalue weighted by Crippen LogP contribution is -2.57. The lowest BCUT2D eigenvalue weighted by molar-refractivity contribution is -0.172. The number of thiazole rings is 1. The van der Waals surface area contributed by atoms with Crippen molar-refractivity contribution in [2.45, 2.75) is 169 Å². The Morgan fingerprint density at radius 3 is 2.19 bits per heavy atom. The highest BCUT2D eigenvalue weighted by atomic mass is 32.2. The summed E-state index contributed by atoms with van der Waals surface area (Å²) in [6.45, 7) is 21.4. The van der Waals surface area contributed by atoms with Gasteiger partial charge in [-0.05, 0) is 51.9 Å². The third-order valence-corrected chi connectivity index (χ3v) is 16.4. The van der Waals surface area contributed by atoms with E-state index < -0.39 is 107 Å². The monoisotopic (exact) mass is 925 g/mol. The van der Waals surface area contributed by atoms with Crippen LogP contribution in [0.25, 0.3) is 0 Å². The van der Waals surface area contributed by atoms with Gasteiger partial charge in [-0.2, -0.15) is 0 Å². The zero-order valence-electron chi connectivity index (χ0n) is 38.7. The molecule has 0 radical (unpaired) electrons. The number of carbonyl (C=O) groups is 4. The number of carbonyl (C=O) groups excluding carboxylic acids is 4. The zero-order valence-corrected chi connectivity index (χ0v) is 41.1. The normalized spacial score (nSPS) is 34.5. The van der Waals surface area contributed by atoms with E-state index in [2.05, 4.69) is 10.6 Å². The van der Waals surface area contributed by atoms with Crippen LogP contribution in [0.4, 0.5) is 0 Å². The van der Waals surface area contributed by atoms with Crippen molar-refractivity contribution in [2.24, 2.45) is 45.5 Å². The van der Waals surface area contributed by atoms with Crippen molar-refractivity contribution in [2.75, 3.05) is 18.6 Å². The Hall–Kier alpha value is -2.61. The first-order valence-corrected chi connectivity index (χ1v) is 24.9. The summed E-state index contributed by atoms with van der Waals surface area (Å²) >= 11 is 4.50. The van der Waals surface area contributed by atoms with E-state index >= 15 is 0 Å². The first-order chi connectivity index (χ1) is 29.0. The maximum absolute atomic E-state index is 14.2. The van der Waals surface area contributed by atoms with E-state index in [4.69, 9.17) is 29.2 Å². The predicted octanol–water partition coefficient (Wildman–Crippen LogP) is 4.81. The average Bonchev–Trinajstić information content (AvgIpc) is 3.99. The molecule has 4 rings (SSSR count). The van der Waals surface area contributed by atoms with Gasteiger partial charge < -0.3 is 40.2 Å². The van der Waals surface area contributed by atoms with Crippen LogP contribution in [0.15, 0.2) is 15.4 Å². The van der Waals surface area contributed by atoms with Gasteiger partial charge in [0.1, 0.15) is 27.9 Å². The number of nitrogens with one attached hydrogen (secondary N) is 2. The number of hydrogen-bond donors (Lipinski definition) is 5. The van der Waals surface area contributed by atoms with Crippen molar-refractivity contribution in [1.29, 1.82) is 0 Å². The molecule has 0 aromatic carbocycles. The third-order valence-electron chi connectivity index (χ3n) is 12.8. The van der Waals surface area contributed by atoms with Crippen molar-refractivity contribution in [1.82, 2.24) is 15.6 Å². The Morgan fingerprint density at radius 1 is 0.935 bits per heavy atom. The number of hydrogen-bond acceptors (Lipinski definition) is 16. The second-order valence-electron chi connectivity index (χ2n) is 18.4.